The van der Waals surface area contributed by atoms with E-state index < -0.39 is 0 Å². The quantitative estimate of drug-likeness (QED) is 0.845. The third-order valence-electron chi connectivity index (χ3n) is 2.28. The van der Waals surface area contributed by atoms with Gasteiger partial charge in [0.15, 0.2) is 0 Å². The van der Waals surface area contributed by atoms with Crippen LogP contribution in [0.3, 0.4) is 0 Å². The van der Waals surface area contributed by atoms with Crippen LogP contribution < -0.4 is 5.36 Å². The van der Waals surface area contributed by atoms with Gasteiger partial charge in [-0.25, -0.2) is 9.67 Å². The lowest BCUT2D eigenvalue weighted by Crippen LogP contribution is -2.10. The van der Waals surface area contributed by atoms with Crippen LogP contribution in [0, 0.1) is 0 Å². The van der Waals surface area contributed by atoms with Crippen LogP contribution in [0.2, 0.25) is 0 Å². The number of carbonyl (C=O) groups is 1. The molecule has 0 saturated carbocycles. The molecule has 2 rings (SSSR count). The Kier molecular flexibility index (Phi) is 4.52. The van der Waals surface area contributed by atoms with E-state index in [1.807, 2.05) is 44.2 Å². The average Bonchev–Trinajstić information content (AvgIpc) is 2.39. The number of para-hydroxylation sites is 1. The van der Waals surface area contributed by atoms with E-state index in [1.165, 1.54) is 11.8 Å². The smallest absolute Gasteiger partial charge is 0.259 e. The molecule has 0 N–H and O–H groups in total. The van der Waals surface area contributed by atoms with Gasteiger partial charge in [-0.2, -0.15) is 5.10 Å². The highest BCUT2D eigenvalue weighted by Gasteiger charge is 2.02. The summed E-state index contributed by atoms with van der Waals surface area (Å²) in [7, 11) is 0. The summed E-state index contributed by atoms with van der Waals surface area (Å²) in [5, 5.41) is 4.87. The first-order valence-electron chi connectivity index (χ1n) is 6.01. The molecule has 98 valence electrons. The molecule has 0 aliphatic rings. The number of aromatic nitrogens is 2. The topological polar surface area (TPSA) is 47.2 Å². The highest BCUT2D eigenvalue weighted by molar-refractivity contribution is 8.14. The van der Waals surface area contributed by atoms with Crippen molar-refractivity contribution < 1.29 is 4.79 Å². The first kappa shape index (κ1) is 13.5. The van der Waals surface area contributed by atoms with Crippen molar-refractivity contribution in [1.82, 2.24) is 9.78 Å². The standard InChI is InChI=1S/C14H15N3OS/c1-11(2)19-14(18)16-12-8-9-17(15-10-12)13-6-4-3-5-7-13/h3-11H,1-2H3. The van der Waals surface area contributed by atoms with Crippen LogP contribution in [0.15, 0.2) is 53.8 Å². The van der Waals surface area contributed by atoms with E-state index in [0.29, 0.717) is 5.36 Å². The molecule has 1 heterocycles. The van der Waals surface area contributed by atoms with E-state index in [-0.39, 0.29) is 10.5 Å². The molecule has 0 radical (unpaired) electrons. The Hall–Kier alpha value is -1.88. The fourth-order valence-electron chi connectivity index (χ4n) is 1.48. The van der Waals surface area contributed by atoms with Crippen molar-refractivity contribution in [3.8, 4) is 5.69 Å². The first-order valence-corrected chi connectivity index (χ1v) is 6.89. The molecule has 0 aliphatic heterocycles. The van der Waals surface area contributed by atoms with E-state index in [9.17, 15) is 4.79 Å². The summed E-state index contributed by atoms with van der Waals surface area (Å²) in [6.45, 7) is 3.93. The Morgan fingerprint density at radius 3 is 2.58 bits per heavy atom. The van der Waals surface area contributed by atoms with Gasteiger partial charge in [-0.15, -0.1) is 0 Å². The van der Waals surface area contributed by atoms with Crippen molar-refractivity contribution in [3.05, 3.63) is 54.1 Å². The number of nitrogens with zero attached hydrogens (tertiary/aromatic N) is 3. The van der Waals surface area contributed by atoms with Gasteiger partial charge in [0.1, 0.15) is 0 Å². The zero-order valence-electron chi connectivity index (χ0n) is 10.9. The molecule has 0 atom stereocenters. The summed E-state index contributed by atoms with van der Waals surface area (Å²) >= 11 is 1.21. The lowest BCUT2D eigenvalue weighted by molar-refractivity contribution is 0.267. The summed E-state index contributed by atoms with van der Waals surface area (Å²) in [5.74, 6) is 0. The molecule has 2 aromatic rings. The largest absolute Gasteiger partial charge is 0.305 e. The number of hydrogen-bond acceptors (Lipinski definition) is 3. The van der Waals surface area contributed by atoms with E-state index in [1.54, 1.807) is 23.1 Å². The van der Waals surface area contributed by atoms with Crippen molar-refractivity contribution in [1.29, 1.82) is 0 Å². The molecular weight excluding hydrogens is 258 g/mol. The minimum absolute atomic E-state index is 0.186. The second kappa shape index (κ2) is 6.33. The lowest BCUT2D eigenvalue weighted by atomic mass is 10.3. The van der Waals surface area contributed by atoms with Gasteiger partial charge in [-0.1, -0.05) is 43.8 Å². The van der Waals surface area contributed by atoms with Crippen LogP contribution in [-0.2, 0) is 0 Å². The van der Waals surface area contributed by atoms with Crippen LogP contribution in [0.25, 0.3) is 5.69 Å². The average molecular weight is 273 g/mol. The molecule has 0 spiro atoms. The molecule has 1 amide bonds. The molecule has 0 bridgehead atoms. The monoisotopic (exact) mass is 273 g/mol. The highest BCUT2D eigenvalue weighted by atomic mass is 32.2. The maximum Gasteiger partial charge on any atom is 0.305 e. The second-order valence-corrected chi connectivity index (χ2v) is 5.74. The SMILES string of the molecule is CC(C)SC(=O)N=c1ccn(-c2ccccc2)nc1. The summed E-state index contributed by atoms with van der Waals surface area (Å²) in [4.78, 5) is 15.5. The summed E-state index contributed by atoms with van der Waals surface area (Å²) < 4.78 is 1.74. The summed E-state index contributed by atoms with van der Waals surface area (Å²) in [6.07, 6.45) is 3.38. The van der Waals surface area contributed by atoms with Gasteiger partial charge in [0.05, 0.1) is 17.2 Å². The molecule has 19 heavy (non-hydrogen) atoms. The van der Waals surface area contributed by atoms with Crippen LogP contribution in [0.5, 0.6) is 0 Å². The van der Waals surface area contributed by atoms with Crippen molar-refractivity contribution in [2.24, 2.45) is 4.99 Å². The molecular formula is C14H15N3OS. The molecule has 0 unspecified atom stereocenters. The predicted octanol–water partition coefficient (Wildman–Crippen LogP) is 3.03. The van der Waals surface area contributed by atoms with Gasteiger partial charge in [-0.3, -0.25) is 4.79 Å². The first-order chi connectivity index (χ1) is 9.15. The second-order valence-electron chi connectivity index (χ2n) is 4.21. The van der Waals surface area contributed by atoms with Gasteiger partial charge < -0.3 is 0 Å². The number of rotatable bonds is 2. The summed E-state index contributed by atoms with van der Waals surface area (Å²) in [6, 6.07) is 11.6. The van der Waals surface area contributed by atoms with E-state index in [4.69, 9.17) is 0 Å². The molecule has 0 saturated heterocycles. The van der Waals surface area contributed by atoms with Crippen molar-refractivity contribution in [2.75, 3.05) is 0 Å². The third kappa shape index (κ3) is 4.06. The minimum atomic E-state index is -0.186. The molecule has 4 nitrogen and oxygen atoms in total. The maximum atomic E-state index is 11.5. The molecule has 1 aromatic carbocycles. The Balaban J connectivity index is 2.19. The zero-order chi connectivity index (χ0) is 13.7. The van der Waals surface area contributed by atoms with Crippen molar-refractivity contribution in [3.63, 3.8) is 0 Å². The number of amides is 1. The van der Waals surface area contributed by atoms with E-state index >= 15 is 0 Å². The number of thioether (sulfide) groups is 1. The molecule has 0 aliphatic carbocycles. The van der Waals surface area contributed by atoms with Crippen LogP contribution in [-0.4, -0.2) is 20.3 Å². The third-order valence-corrected chi connectivity index (χ3v) is 3.04. The lowest BCUT2D eigenvalue weighted by Gasteiger charge is -2.03. The van der Waals surface area contributed by atoms with Crippen molar-refractivity contribution >= 4 is 17.0 Å². The van der Waals surface area contributed by atoms with E-state index in [0.717, 1.165) is 5.69 Å². The number of carbonyl (C=O) groups excluding carboxylic acids is 1. The summed E-state index contributed by atoms with van der Waals surface area (Å²) in [5.41, 5.74) is 0.969. The Morgan fingerprint density at radius 2 is 2.00 bits per heavy atom. The normalized spacial score (nSPS) is 11.8. The molecule has 1 aromatic heterocycles. The van der Waals surface area contributed by atoms with Crippen LogP contribution >= 0.6 is 11.8 Å². The highest BCUT2D eigenvalue weighted by Crippen LogP contribution is 2.11. The Morgan fingerprint density at radius 1 is 1.26 bits per heavy atom. The van der Waals surface area contributed by atoms with E-state index in [2.05, 4.69) is 10.1 Å². The van der Waals surface area contributed by atoms with Gasteiger partial charge in [0.2, 0.25) is 0 Å². The van der Waals surface area contributed by atoms with Gasteiger partial charge in [0, 0.05) is 11.4 Å². The molecule has 0 fully saturated rings. The predicted molar refractivity (Wildman–Crippen MR) is 77.3 cm³/mol. The fourth-order valence-corrected chi connectivity index (χ4v) is 2.04. The Bertz CT molecular complexity index is 600. The van der Waals surface area contributed by atoms with Gasteiger partial charge in [-0.05, 0) is 18.2 Å². The maximum absolute atomic E-state index is 11.5. The van der Waals surface area contributed by atoms with Gasteiger partial charge in [0.25, 0.3) is 0 Å². The van der Waals surface area contributed by atoms with Crippen molar-refractivity contribution in [2.45, 2.75) is 19.1 Å². The van der Waals surface area contributed by atoms with Crippen LogP contribution in [0.4, 0.5) is 4.79 Å². The van der Waals surface area contributed by atoms with Gasteiger partial charge >= 0.3 is 5.24 Å². The zero-order valence-corrected chi connectivity index (χ0v) is 11.7. The Labute approximate surface area is 116 Å². The molecule has 5 heteroatoms. The number of hydrogen-bond donors (Lipinski definition) is 0. The number of benzene rings is 1. The minimum Gasteiger partial charge on any atom is -0.259 e. The van der Waals surface area contributed by atoms with Crippen LogP contribution in [0.1, 0.15) is 13.8 Å². The fraction of sp³-hybridized carbons (Fsp3) is 0.214.